The Morgan fingerprint density at radius 2 is 1.95 bits per heavy atom. The summed E-state index contributed by atoms with van der Waals surface area (Å²) in [5.41, 5.74) is 2.55. The van der Waals surface area contributed by atoms with Gasteiger partial charge >= 0.3 is 0 Å². The number of rotatable bonds is 2. The molecule has 1 aromatic rings. The van der Waals surface area contributed by atoms with Gasteiger partial charge in [-0.2, -0.15) is 0 Å². The predicted octanol–water partition coefficient (Wildman–Crippen LogP) is 1.61. The van der Waals surface area contributed by atoms with E-state index in [1.54, 1.807) is 13.1 Å². The van der Waals surface area contributed by atoms with Crippen LogP contribution in [0.1, 0.15) is 24.0 Å². The maximum atomic E-state index is 12.0. The first-order valence-electron chi connectivity index (χ1n) is 7.46. The van der Waals surface area contributed by atoms with Crippen molar-refractivity contribution < 1.29 is 17.8 Å². The number of hydrogen-bond donors (Lipinski definition) is 1. The van der Waals surface area contributed by atoms with E-state index in [0.717, 1.165) is 31.1 Å². The van der Waals surface area contributed by atoms with Crippen LogP contribution >= 0.6 is 0 Å². The van der Waals surface area contributed by atoms with Crippen LogP contribution in [0.15, 0.2) is 18.2 Å². The molecule has 7 heteroatoms. The maximum Gasteiger partial charge on any atom is 0.229 e. The number of hydrogen-bond acceptors (Lipinski definition) is 4. The van der Waals surface area contributed by atoms with E-state index in [0.29, 0.717) is 25.4 Å². The third kappa shape index (κ3) is 3.43. The largest absolute Gasteiger partial charge is 0.633 e. The minimum Gasteiger partial charge on any atom is -0.633 e. The quantitative estimate of drug-likeness (QED) is 0.661. The molecule has 1 spiro atoms. The highest BCUT2D eigenvalue weighted by Crippen LogP contribution is 2.38. The van der Waals surface area contributed by atoms with Crippen LogP contribution in [0, 0.1) is 5.21 Å². The fourth-order valence-electron chi connectivity index (χ4n) is 3.28. The number of hydroxylamine groups is 3. The lowest BCUT2D eigenvalue weighted by atomic mass is 9.81. The zero-order chi connectivity index (χ0) is 16.0. The first-order valence-corrected chi connectivity index (χ1v) is 9.35. The SMILES string of the molecule is C[N+]1([O-])CCC2(CC1)Cc1ccc(NS(C)(=O)=O)cc1CO2. The van der Waals surface area contributed by atoms with Gasteiger partial charge in [-0.15, -0.1) is 0 Å². The summed E-state index contributed by atoms with van der Waals surface area (Å²) in [6, 6.07) is 5.59. The molecule has 3 rings (SSSR count). The van der Waals surface area contributed by atoms with Gasteiger partial charge in [0.1, 0.15) is 0 Å². The highest BCUT2D eigenvalue weighted by molar-refractivity contribution is 7.92. The van der Waals surface area contributed by atoms with Crippen molar-refractivity contribution in [3.05, 3.63) is 34.5 Å². The molecule has 22 heavy (non-hydrogen) atoms. The van der Waals surface area contributed by atoms with Gasteiger partial charge in [-0.1, -0.05) is 6.07 Å². The molecular weight excluding hydrogens is 304 g/mol. The average Bonchev–Trinajstić information content (AvgIpc) is 2.41. The van der Waals surface area contributed by atoms with Gasteiger partial charge in [-0.25, -0.2) is 8.42 Å². The van der Waals surface area contributed by atoms with E-state index in [9.17, 15) is 13.6 Å². The molecule has 0 radical (unpaired) electrons. The fraction of sp³-hybridized carbons (Fsp3) is 0.600. The van der Waals surface area contributed by atoms with Gasteiger partial charge in [0, 0.05) is 24.9 Å². The van der Waals surface area contributed by atoms with Crippen LogP contribution in [0.4, 0.5) is 5.69 Å². The normalized spacial score (nSPS) is 31.8. The number of fused-ring (bicyclic) bond motifs is 1. The summed E-state index contributed by atoms with van der Waals surface area (Å²) in [5, 5.41) is 12.0. The van der Waals surface area contributed by atoms with Crippen LogP contribution in [0.5, 0.6) is 0 Å². The van der Waals surface area contributed by atoms with Gasteiger partial charge in [0.05, 0.1) is 38.6 Å². The zero-order valence-electron chi connectivity index (χ0n) is 13.0. The van der Waals surface area contributed by atoms with Crippen LogP contribution < -0.4 is 4.72 Å². The van der Waals surface area contributed by atoms with Crippen molar-refractivity contribution in [1.29, 1.82) is 0 Å². The predicted molar refractivity (Wildman–Crippen MR) is 84.7 cm³/mol. The molecule has 0 bridgehead atoms. The molecule has 2 aliphatic heterocycles. The Hall–Kier alpha value is -1.15. The number of sulfonamides is 1. The molecule has 0 aromatic heterocycles. The molecule has 6 nitrogen and oxygen atoms in total. The van der Waals surface area contributed by atoms with Crippen molar-refractivity contribution in [3.63, 3.8) is 0 Å². The Morgan fingerprint density at radius 3 is 2.59 bits per heavy atom. The number of nitrogens with one attached hydrogen (secondary N) is 1. The molecule has 2 heterocycles. The molecule has 1 saturated heterocycles. The van der Waals surface area contributed by atoms with E-state index >= 15 is 0 Å². The van der Waals surface area contributed by atoms with E-state index in [-0.39, 0.29) is 10.2 Å². The molecule has 122 valence electrons. The highest BCUT2D eigenvalue weighted by atomic mass is 32.2. The summed E-state index contributed by atoms with van der Waals surface area (Å²) in [4.78, 5) is 0. The Labute approximate surface area is 131 Å². The van der Waals surface area contributed by atoms with Crippen molar-refractivity contribution >= 4 is 15.7 Å². The number of ether oxygens (including phenoxy) is 1. The fourth-order valence-corrected chi connectivity index (χ4v) is 3.83. The summed E-state index contributed by atoms with van der Waals surface area (Å²) < 4.78 is 31.0. The number of anilines is 1. The van der Waals surface area contributed by atoms with Crippen LogP contribution in [-0.2, 0) is 27.8 Å². The number of piperidine rings is 1. The molecule has 0 unspecified atom stereocenters. The summed E-state index contributed by atoms with van der Waals surface area (Å²) >= 11 is 0. The van der Waals surface area contributed by atoms with Gasteiger partial charge in [-0.3, -0.25) is 4.72 Å². The third-order valence-electron chi connectivity index (χ3n) is 4.64. The number of likely N-dealkylation sites (tertiary alicyclic amines) is 1. The second-order valence-electron chi connectivity index (χ2n) is 6.75. The summed E-state index contributed by atoms with van der Waals surface area (Å²) in [7, 11) is -1.56. The van der Waals surface area contributed by atoms with E-state index < -0.39 is 10.0 Å². The number of nitrogens with zero attached hydrogens (tertiary/aromatic N) is 1. The molecule has 0 saturated carbocycles. The zero-order valence-corrected chi connectivity index (χ0v) is 13.8. The summed E-state index contributed by atoms with van der Waals surface area (Å²) in [6.07, 6.45) is 3.48. The Balaban J connectivity index is 1.77. The van der Waals surface area contributed by atoms with Crippen LogP contribution in [0.2, 0.25) is 0 Å². The monoisotopic (exact) mass is 326 g/mol. The maximum absolute atomic E-state index is 12.0. The highest BCUT2D eigenvalue weighted by Gasteiger charge is 2.41. The molecule has 1 N–H and O–H groups in total. The van der Waals surface area contributed by atoms with E-state index in [1.165, 1.54) is 5.56 Å². The van der Waals surface area contributed by atoms with Crippen molar-refractivity contribution in [1.82, 2.24) is 0 Å². The molecule has 1 aromatic carbocycles. The molecule has 1 fully saturated rings. The van der Waals surface area contributed by atoms with Crippen LogP contribution in [-0.4, -0.2) is 45.1 Å². The standard InChI is InChI=1S/C15H22N2O4S/c1-17(18)7-5-15(6-8-17)10-12-3-4-14(16-22(2,19)20)9-13(12)11-21-15/h3-4,9,16H,5-8,10-11H2,1-2H3. The van der Waals surface area contributed by atoms with Gasteiger partial charge in [0.25, 0.3) is 0 Å². The molecular formula is C15H22N2O4S. The van der Waals surface area contributed by atoms with E-state index in [2.05, 4.69) is 4.72 Å². The van der Waals surface area contributed by atoms with Gasteiger partial charge in [-0.05, 0) is 23.3 Å². The van der Waals surface area contributed by atoms with Crippen molar-refractivity contribution in [3.8, 4) is 0 Å². The average molecular weight is 326 g/mol. The lowest BCUT2D eigenvalue weighted by molar-refractivity contribution is -0.868. The Kier molecular flexibility index (Phi) is 3.71. The number of benzene rings is 1. The smallest absolute Gasteiger partial charge is 0.229 e. The van der Waals surface area contributed by atoms with Crippen LogP contribution in [0.3, 0.4) is 0 Å². The van der Waals surface area contributed by atoms with Crippen molar-refractivity contribution in [2.24, 2.45) is 0 Å². The lowest BCUT2D eigenvalue weighted by Gasteiger charge is -2.50. The molecule has 0 amide bonds. The molecule has 0 atom stereocenters. The van der Waals surface area contributed by atoms with E-state index in [4.69, 9.17) is 4.74 Å². The van der Waals surface area contributed by atoms with Gasteiger partial charge < -0.3 is 14.6 Å². The van der Waals surface area contributed by atoms with E-state index in [1.807, 2.05) is 12.1 Å². The molecule has 0 aliphatic carbocycles. The van der Waals surface area contributed by atoms with Crippen molar-refractivity contribution in [2.75, 3.05) is 31.1 Å². The Morgan fingerprint density at radius 1 is 1.27 bits per heavy atom. The van der Waals surface area contributed by atoms with Gasteiger partial charge in [0.2, 0.25) is 10.0 Å². The first-order chi connectivity index (χ1) is 10.2. The summed E-state index contributed by atoms with van der Waals surface area (Å²) in [5.74, 6) is 0. The molecule has 2 aliphatic rings. The lowest BCUT2D eigenvalue weighted by Crippen LogP contribution is -2.54. The summed E-state index contributed by atoms with van der Waals surface area (Å²) in [6.45, 7) is 1.64. The minimum absolute atomic E-state index is 0.185. The van der Waals surface area contributed by atoms with Crippen molar-refractivity contribution in [2.45, 2.75) is 31.5 Å². The van der Waals surface area contributed by atoms with Crippen LogP contribution in [0.25, 0.3) is 0 Å². The minimum atomic E-state index is -3.27. The Bertz CT molecular complexity index is 675. The second-order valence-corrected chi connectivity index (χ2v) is 8.50. The topological polar surface area (TPSA) is 78.5 Å². The second kappa shape index (κ2) is 5.19. The van der Waals surface area contributed by atoms with Gasteiger partial charge in [0.15, 0.2) is 0 Å². The first kappa shape index (κ1) is 15.7. The number of quaternary nitrogens is 1. The third-order valence-corrected chi connectivity index (χ3v) is 5.24.